The third kappa shape index (κ3) is 76.6. The summed E-state index contributed by atoms with van der Waals surface area (Å²) in [6, 6.07) is 0. The summed E-state index contributed by atoms with van der Waals surface area (Å²) < 4.78 is 68.8. The Morgan fingerprint density at radius 1 is 0.282 bits per heavy atom. The van der Waals surface area contributed by atoms with Crippen molar-refractivity contribution in [3.05, 3.63) is 0 Å². The van der Waals surface area contributed by atoms with Crippen LogP contribution in [-0.4, -0.2) is 96.7 Å². The van der Waals surface area contributed by atoms with Crippen molar-refractivity contribution >= 4 is 39.5 Å². The summed E-state index contributed by atoms with van der Waals surface area (Å²) in [5, 5.41) is 10.7. The lowest BCUT2D eigenvalue weighted by atomic mass is 9.99. The Labute approximate surface area is 632 Å². The van der Waals surface area contributed by atoms with E-state index < -0.39 is 97.5 Å². The maximum Gasteiger partial charge on any atom is 0.472 e. The zero-order valence-electron chi connectivity index (χ0n) is 67.6. The standard InChI is InChI=1S/C84H164O17P2/c1-7-10-12-14-16-18-20-22-23-24-25-29-32-35-39-42-48-54-60-66-81(86)94-72-79(100-84(89)69-63-57-50-44-40-36-33-30-27-26-28-31-34-37-41-47-53-59-65-77(6)9-3)74-98-102(90,91)96-70-78(85)71-97-103(92,93)99-75-80(73-95-82(87)67-61-55-51-45-46-52-58-64-76(4)5)101-83(88)68-62-56-49-43-38-21-19-17-15-13-11-8-2/h76-80,85H,7-75H2,1-6H3,(H,90,91)(H,92,93)/t77?,78-,79-,80-/m1/s1. The number of unbranched alkanes of at least 4 members (excludes halogenated alkanes) is 52. The molecule has 0 heterocycles. The number of rotatable bonds is 83. The molecule has 19 heteroatoms. The Kier molecular flexibility index (Phi) is 74.1. The first kappa shape index (κ1) is 101. The fourth-order valence-electron chi connectivity index (χ4n) is 13.0. The van der Waals surface area contributed by atoms with Gasteiger partial charge in [0.2, 0.25) is 0 Å². The van der Waals surface area contributed by atoms with Crippen LogP contribution in [0.5, 0.6) is 0 Å². The van der Waals surface area contributed by atoms with Gasteiger partial charge in [-0.15, -0.1) is 0 Å². The average Bonchev–Trinajstić information content (AvgIpc) is 0.909. The summed E-state index contributed by atoms with van der Waals surface area (Å²) in [7, 11) is -9.92. The SMILES string of the molecule is CCCCCCCCCCCCCCCCCCCCCC(=O)OC[C@H](COP(=O)(O)OC[C@@H](O)COP(=O)(O)OC[C@@H](COC(=O)CCCCCCCCCC(C)C)OC(=O)CCCCCCCCCCCCCC)OC(=O)CCCCCCCCCCCCCCCCCCCCC(C)CC. The van der Waals surface area contributed by atoms with Gasteiger partial charge < -0.3 is 33.8 Å². The first-order valence-corrected chi connectivity index (χ1v) is 46.5. The number of hydrogen-bond acceptors (Lipinski definition) is 15. The molecule has 0 aromatic heterocycles. The number of aliphatic hydroxyl groups excluding tert-OH is 1. The Morgan fingerprint density at radius 2 is 0.495 bits per heavy atom. The van der Waals surface area contributed by atoms with Crippen molar-refractivity contribution in [1.82, 2.24) is 0 Å². The monoisotopic (exact) mass is 1510 g/mol. The Bertz CT molecular complexity index is 1980. The summed E-state index contributed by atoms with van der Waals surface area (Å²) in [4.78, 5) is 73.1. The molecule has 3 unspecified atom stereocenters. The normalized spacial score (nSPS) is 14.1. The molecule has 0 aliphatic rings. The third-order valence-electron chi connectivity index (χ3n) is 20.1. The molecule has 0 saturated carbocycles. The van der Waals surface area contributed by atoms with Gasteiger partial charge in [0, 0.05) is 25.7 Å². The van der Waals surface area contributed by atoms with Crippen molar-refractivity contribution in [2.24, 2.45) is 11.8 Å². The number of phosphoric acid groups is 2. The van der Waals surface area contributed by atoms with Crippen LogP contribution in [0.4, 0.5) is 0 Å². The van der Waals surface area contributed by atoms with Crippen molar-refractivity contribution in [1.29, 1.82) is 0 Å². The van der Waals surface area contributed by atoms with E-state index in [-0.39, 0.29) is 25.7 Å². The summed E-state index contributed by atoms with van der Waals surface area (Å²) in [6.45, 7) is 9.66. The fraction of sp³-hybridized carbons (Fsp3) is 0.952. The lowest BCUT2D eigenvalue weighted by molar-refractivity contribution is -0.161. The van der Waals surface area contributed by atoms with E-state index in [1.54, 1.807) is 0 Å². The minimum atomic E-state index is -4.96. The van der Waals surface area contributed by atoms with Crippen LogP contribution in [0.3, 0.4) is 0 Å². The molecule has 0 aromatic rings. The minimum absolute atomic E-state index is 0.107. The summed E-state index contributed by atoms with van der Waals surface area (Å²) in [6.07, 6.45) is 66.8. The van der Waals surface area contributed by atoms with E-state index in [0.717, 1.165) is 102 Å². The second kappa shape index (κ2) is 75.5. The van der Waals surface area contributed by atoms with E-state index >= 15 is 0 Å². The first-order chi connectivity index (χ1) is 49.9. The molecule has 0 aliphatic carbocycles. The summed E-state index contributed by atoms with van der Waals surface area (Å²) in [5.41, 5.74) is 0. The van der Waals surface area contributed by atoms with Gasteiger partial charge in [0.25, 0.3) is 0 Å². The molecule has 3 N–H and O–H groups in total. The predicted molar refractivity (Wildman–Crippen MR) is 423 cm³/mol. The van der Waals surface area contributed by atoms with Crippen molar-refractivity contribution in [2.45, 2.75) is 464 Å². The van der Waals surface area contributed by atoms with Gasteiger partial charge in [0.15, 0.2) is 12.2 Å². The quantitative estimate of drug-likeness (QED) is 0.0222. The van der Waals surface area contributed by atoms with Gasteiger partial charge in [0.1, 0.15) is 19.3 Å². The van der Waals surface area contributed by atoms with E-state index in [9.17, 15) is 43.2 Å². The fourth-order valence-corrected chi connectivity index (χ4v) is 14.6. The topological polar surface area (TPSA) is 237 Å². The largest absolute Gasteiger partial charge is 0.472 e. The maximum absolute atomic E-state index is 13.1. The van der Waals surface area contributed by atoms with E-state index in [1.165, 1.54) is 257 Å². The van der Waals surface area contributed by atoms with E-state index in [1.807, 2.05) is 0 Å². The number of hydrogen-bond donors (Lipinski definition) is 3. The van der Waals surface area contributed by atoms with Crippen molar-refractivity contribution in [2.75, 3.05) is 39.6 Å². The highest BCUT2D eigenvalue weighted by molar-refractivity contribution is 7.47. The van der Waals surface area contributed by atoms with Crippen LogP contribution in [0.1, 0.15) is 446 Å². The Morgan fingerprint density at radius 3 is 0.738 bits per heavy atom. The maximum atomic E-state index is 13.1. The zero-order valence-corrected chi connectivity index (χ0v) is 69.4. The molecule has 6 atom stereocenters. The minimum Gasteiger partial charge on any atom is -0.462 e. The molecule has 0 aliphatic heterocycles. The Balaban J connectivity index is 5.20. The molecule has 0 bridgehead atoms. The van der Waals surface area contributed by atoms with Crippen LogP contribution in [0, 0.1) is 11.8 Å². The second-order valence-electron chi connectivity index (χ2n) is 30.9. The molecule has 0 fully saturated rings. The molecular formula is C84H164O17P2. The van der Waals surface area contributed by atoms with Crippen LogP contribution in [-0.2, 0) is 65.4 Å². The summed E-state index contributed by atoms with van der Waals surface area (Å²) >= 11 is 0. The zero-order chi connectivity index (χ0) is 75.6. The molecular weight excluding hydrogens is 1340 g/mol. The molecule has 0 saturated heterocycles. The average molecular weight is 1510 g/mol. The number of esters is 4. The van der Waals surface area contributed by atoms with Crippen LogP contribution in [0.25, 0.3) is 0 Å². The number of phosphoric ester groups is 2. The van der Waals surface area contributed by atoms with Crippen LogP contribution >= 0.6 is 15.6 Å². The van der Waals surface area contributed by atoms with Gasteiger partial charge in [-0.25, -0.2) is 9.13 Å². The highest BCUT2D eigenvalue weighted by atomic mass is 31.2. The highest BCUT2D eigenvalue weighted by Gasteiger charge is 2.30. The van der Waals surface area contributed by atoms with Gasteiger partial charge in [0.05, 0.1) is 26.4 Å². The van der Waals surface area contributed by atoms with Crippen LogP contribution < -0.4 is 0 Å². The van der Waals surface area contributed by atoms with E-state index in [2.05, 4.69) is 41.5 Å². The van der Waals surface area contributed by atoms with Crippen molar-refractivity contribution in [3.63, 3.8) is 0 Å². The van der Waals surface area contributed by atoms with Crippen LogP contribution in [0.15, 0.2) is 0 Å². The first-order valence-electron chi connectivity index (χ1n) is 43.5. The molecule has 612 valence electrons. The van der Waals surface area contributed by atoms with Gasteiger partial charge in [-0.1, -0.05) is 395 Å². The van der Waals surface area contributed by atoms with Crippen molar-refractivity contribution < 1.29 is 80.2 Å². The van der Waals surface area contributed by atoms with Crippen LogP contribution in [0.2, 0.25) is 0 Å². The molecule has 0 aromatic carbocycles. The van der Waals surface area contributed by atoms with Gasteiger partial charge >= 0.3 is 39.5 Å². The molecule has 0 radical (unpaired) electrons. The van der Waals surface area contributed by atoms with Gasteiger partial charge in [-0.2, -0.15) is 0 Å². The molecule has 0 amide bonds. The lowest BCUT2D eigenvalue weighted by Gasteiger charge is -2.21. The molecule has 0 spiro atoms. The third-order valence-corrected chi connectivity index (χ3v) is 22.0. The summed E-state index contributed by atoms with van der Waals surface area (Å²) in [5.74, 6) is -0.530. The van der Waals surface area contributed by atoms with Gasteiger partial charge in [-0.3, -0.25) is 37.3 Å². The highest BCUT2D eigenvalue weighted by Crippen LogP contribution is 2.45. The van der Waals surface area contributed by atoms with E-state index in [4.69, 9.17) is 37.0 Å². The van der Waals surface area contributed by atoms with E-state index in [0.29, 0.717) is 31.6 Å². The second-order valence-corrected chi connectivity index (χ2v) is 33.8. The van der Waals surface area contributed by atoms with Crippen molar-refractivity contribution in [3.8, 4) is 0 Å². The number of aliphatic hydroxyl groups is 1. The lowest BCUT2D eigenvalue weighted by Crippen LogP contribution is -2.30. The number of ether oxygens (including phenoxy) is 4. The Hall–Kier alpha value is -1.94. The molecule has 17 nitrogen and oxygen atoms in total. The smallest absolute Gasteiger partial charge is 0.462 e. The molecule has 0 rings (SSSR count). The number of carbonyl (C=O) groups excluding carboxylic acids is 4. The molecule has 103 heavy (non-hydrogen) atoms. The number of carbonyl (C=O) groups is 4. The van der Waals surface area contributed by atoms with Gasteiger partial charge in [-0.05, 0) is 37.5 Å². The predicted octanol–water partition coefficient (Wildman–Crippen LogP) is 25.5.